The van der Waals surface area contributed by atoms with E-state index in [1.54, 1.807) is 54.5 Å². The Morgan fingerprint density at radius 2 is 1.66 bits per heavy atom. The second-order valence-electron chi connectivity index (χ2n) is 7.37. The molecule has 4 heterocycles. The highest BCUT2D eigenvalue weighted by Crippen LogP contribution is 2.24. The Morgan fingerprint density at radius 3 is 2.25 bits per heavy atom. The smallest absolute Gasteiger partial charge is 0.243 e. The zero-order valence-corrected chi connectivity index (χ0v) is 18.2. The Hall–Kier alpha value is -3.57. The van der Waals surface area contributed by atoms with Gasteiger partial charge in [-0.2, -0.15) is 9.40 Å². The van der Waals surface area contributed by atoms with Gasteiger partial charge in [-0.3, -0.25) is 0 Å². The number of piperazine rings is 1. The first-order valence-electron chi connectivity index (χ1n) is 10.1. The molecule has 0 amide bonds. The molecule has 1 saturated heterocycles. The van der Waals surface area contributed by atoms with E-state index in [2.05, 4.69) is 20.3 Å². The standard InChI is InChI=1S/C21H21N7O3S/c1-16-23-19(15-31-16)17-3-5-18(6-4-17)32(29,30)27-13-11-26(12-14-27)20-7-8-21(25-24-20)28-10-2-9-22-28/h2-10,15H,11-14H2,1H3. The van der Waals surface area contributed by atoms with Crippen LogP contribution in [0, 0.1) is 6.92 Å². The number of oxazole rings is 1. The highest BCUT2D eigenvalue weighted by molar-refractivity contribution is 7.89. The third-order valence-electron chi connectivity index (χ3n) is 5.35. The van der Waals surface area contributed by atoms with Crippen LogP contribution in [0.15, 0.2) is 70.4 Å². The van der Waals surface area contributed by atoms with Crippen LogP contribution in [0.4, 0.5) is 5.82 Å². The van der Waals surface area contributed by atoms with Crippen LogP contribution in [0.25, 0.3) is 17.1 Å². The fraction of sp³-hybridized carbons (Fsp3) is 0.238. The first-order chi connectivity index (χ1) is 15.5. The number of sulfonamides is 1. The molecule has 0 aliphatic carbocycles. The Labute approximate surface area is 185 Å². The van der Waals surface area contributed by atoms with Gasteiger partial charge in [0.1, 0.15) is 12.0 Å². The Balaban J connectivity index is 1.25. The molecule has 11 heteroatoms. The fourth-order valence-electron chi connectivity index (χ4n) is 3.61. The van der Waals surface area contributed by atoms with Gasteiger partial charge in [0.15, 0.2) is 17.5 Å². The van der Waals surface area contributed by atoms with E-state index in [9.17, 15) is 8.42 Å². The van der Waals surface area contributed by atoms with E-state index >= 15 is 0 Å². The molecule has 32 heavy (non-hydrogen) atoms. The molecule has 1 aliphatic heterocycles. The minimum Gasteiger partial charge on any atom is -0.449 e. The van der Waals surface area contributed by atoms with E-state index in [1.165, 1.54) is 4.31 Å². The van der Waals surface area contributed by atoms with E-state index in [0.717, 1.165) is 5.56 Å². The van der Waals surface area contributed by atoms with Gasteiger partial charge < -0.3 is 9.32 Å². The van der Waals surface area contributed by atoms with E-state index < -0.39 is 10.0 Å². The summed E-state index contributed by atoms with van der Waals surface area (Å²) in [5.41, 5.74) is 1.49. The monoisotopic (exact) mass is 451 g/mol. The normalized spacial score (nSPS) is 15.2. The maximum absolute atomic E-state index is 13.1. The van der Waals surface area contributed by atoms with Crippen molar-refractivity contribution in [3.63, 3.8) is 0 Å². The molecule has 10 nitrogen and oxygen atoms in total. The van der Waals surface area contributed by atoms with E-state index in [1.807, 2.05) is 23.1 Å². The first kappa shape index (κ1) is 20.3. The second kappa shape index (κ2) is 8.17. The fourth-order valence-corrected chi connectivity index (χ4v) is 5.04. The molecule has 164 valence electrons. The van der Waals surface area contributed by atoms with Crippen molar-refractivity contribution in [2.45, 2.75) is 11.8 Å². The quantitative estimate of drug-likeness (QED) is 0.454. The molecule has 1 aromatic carbocycles. The molecule has 0 N–H and O–H groups in total. The summed E-state index contributed by atoms with van der Waals surface area (Å²) in [5, 5.41) is 12.6. The van der Waals surface area contributed by atoms with Crippen LogP contribution in [-0.4, -0.2) is 63.9 Å². The lowest BCUT2D eigenvalue weighted by molar-refractivity contribution is 0.383. The van der Waals surface area contributed by atoms with Crippen molar-refractivity contribution in [2.75, 3.05) is 31.1 Å². The third-order valence-corrected chi connectivity index (χ3v) is 7.26. The summed E-state index contributed by atoms with van der Waals surface area (Å²) in [4.78, 5) is 6.56. The maximum Gasteiger partial charge on any atom is 0.243 e. The molecule has 0 spiro atoms. The SMILES string of the molecule is Cc1nc(-c2ccc(S(=O)(=O)N3CCN(c4ccc(-n5cccn5)nn4)CC3)cc2)co1. The molecule has 1 aliphatic rings. The van der Waals surface area contributed by atoms with Gasteiger partial charge in [0.05, 0.1) is 4.90 Å². The molecule has 4 aromatic rings. The number of aromatic nitrogens is 5. The van der Waals surface area contributed by atoms with Crippen molar-refractivity contribution in [3.05, 3.63) is 67.0 Å². The topological polar surface area (TPSA) is 110 Å². The average molecular weight is 452 g/mol. The summed E-state index contributed by atoms with van der Waals surface area (Å²) < 4.78 is 34.6. The molecule has 0 radical (unpaired) electrons. The number of hydrogen-bond acceptors (Lipinski definition) is 8. The number of rotatable bonds is 5. The molecule has 0 atom stereocenters. The van der Waals surface area contributed by atoms with Gasteiger partial charge in [-0.15, -0.1) is 10.2 Å². The van der Waals surface area contributed by atoms with Crippen LogP contribution in [0.3, 0.4) is 0 Å². The van der Waals surface area contributed by atoms with Gasteiger partial charge in [-0.25, -0.2) is 18.1 Å². The predicted molar refractivity (Wildman–Crippen MR) is 117 cm³/mol. The number of anilines is 1. The highest BCUT2D eigenvalue weighted by atomic mass is 32.2. The Kier molecular flexibility index (Phi) is 5.19. The Morgan fingerprint density at radius 1 is 0.938 bits per heavy atom. The molecule has 0 saturated carbocycles. The van der Waals surface area contributed by atoms with Crippen molar-refractivity contribution in [1.82, 2.24) is 29.3 Å². The van der Waals surface area contributed by atoms with Gasteiger partial charge >= 0.3 is 0 Å². The molecule has 3 aromatic heterocycles. The number of nitrogens with zero attached hydrogens (tertiary/aromatic N) is 7. The number of hydrogen-bond donors (Lipinski definition) is 0. The highest BCUT2D eigenvalue weighted by Gasteiger charge is 2.29. The minimum absolute atomic E-state index is 0.262. The molecular formula is C21H21N7O3S. The van der Waals surface area contributed by atoms with Crippen molar-refractivity contribution in [1.29, 1.82) is 0 Å². The third kappa shape index (κ3) is 3.87. The van der Waals surface area contributed by atoms with Crippen LogP contribution < -0.4 is 4.90 Å². The van der Waals surface area contributed by atoms with Crippen molar-refractivity contribution in [3.8, 4) is 17.1 Å². The lowest BCUT2D eigenvalue weighted by atomic mass is 10.2. The molecule has 5 rings (SSSR count). The predicted octanol–water partition coefficient (Wildman–Crippen LogP) is 2.14. The van der Waals surface area contributed by atoms with Crippen LogP contribution in [0.5, 0.6) is 0 Å². The van der Waals surface area contributed by atoms with Crippen molar-refractivity contribution >= 4 is 15.8 Å². The van der Waals surface area contributed by atoms with E-state index in [0.29, 0.717) is 49.4 Å². The summed E-state index contributed by atoms with van der Waals surface area (Å²) in [6.45, 7) is 3.57. The largest absolute Gasteiger partial charge is 0.449 e. The summed E-state index contributed by atoms with van der Waals surface area (Å²) in [5.74, 6) is 1.91. The van der Waals surface area contributed by atoms with Gasteiger partial charge in [-0.05, 0) is 30.3 Å². The van der Waals surface area contributed by atoms with Gasteiger partial charge in [-0.1, -0.05) is 12.1 Å². The molecule has 1 fully saturated rings. The maximum atomic E-state index is 13.1. The molecular weight excluding hydrogens is 430 g/mol. The summed E-state index contributed by atoms with van der Waals surface area (Å²) >= 11 is 0. The van der Waals surface area contributed by atoms with Crippen LogP contribution in [0.2, 0.25) is 0 Å². The van der Waals surface area contributed by atoms with E-state index in [-0.39, 0.29) is 4.90 Å². The van der Waals surface area contributed by atoms with Crippen LogP contribution in [0.1, 0.15) is 5.89 Å². The lowest BCUT2D eigenvalue weighted by Crippen LogP contribution is -2.49. The summed E-state index contributed by atoms with van der Waals surface area (Å²) in [6, 6.07) is 12.3. The van der Waals surface area contributed by atoms with Crippen molar-refractivity contribution < 1.29 is 12.8 Å². The zero-order chi connectivity index (χ0) is 22.1. The van der Waals surface area contributed by atoms with E-state index in [4.69, 9.17) is 4.42 Å². The zero-order valence-electron chi connectivity index (χ0n) is 17.4. The summed E-state index contributed by atoms with van der Waals surface area (Å²) in [6.07, 6.45) is 5.03. The van der Waals surface area contributed by atoms with Crippen LogP contribution >= 0.6 is 0 Å². The first-order valence-corrected chi connectivity index (χ1v) is 11.6. The lowest BCUT2D eigenvalue weighted by Gasteiger charge is -2.34. The van der Waals surface area contributed by atoms with Gasteiger partial charge in [0.2, 0.25) is 10.0 Å². The second-order valence-corrected chi connectivity index (χ2v) is 9.31. The van der Waals surface area contributed by atoms with Gasteiger partial charge in [0, 0.05) is 51.1 Å². The molecule has 0 unspecified atom stereocenters. The van der Waals surface area contributed by atoms with Crippen LogP contribution in [-0.2, 0) is 10.0 Å². The number of aryl methyl sites for hydroxylation is 1. The average Bonchev–Trinajstić information content (AvgIpc) is 3.52. The summed E-state index contributed by atoms with van der Waals surface area (Å²) in [7, 11) is -3.58. The van der Waals surface area contributed by atoms with Crippen molar-refractivity contribution in [2.24, 2.45) is 0 Å². The van der Waals surface area contributed by atoms with Gasteiger partial charge in [0.25, 0.3) is 0 Å². The Bertz CT molecular complexity index is 1290. The number of benzene rings is 1. The minimum atomic E-state index is -3.58. The molecule has 0 bridgehead atoms.